The van der Waals surface area contributed by atoms with Gasteiger partial charge in [-0.1, -0.05) is 32.8 Å². The van der Waals surface area contributed by atoms with E-state index in [0.717, 1.165) is 31.7 Å². The van der Waals surface area contributed by atoms with Crippen LogP contribution in [-0.4, -0.2) is 29.0 Å². The molecule has 1 unspecified atom stereocenters. The Balaban J connectivity index is 2.38. The zero-order valence-electron chi connectivity index (χ0n) is 11.1. The van der Waals surface area contributed by atoms with Gasteiger partial charge in [0.15, 0.2) is 0 Å². The monoisotopic (exact) mass is 235 g/mol. The molecule has 0 aliphatic rings. The molecule has 0 radical (unpaired) electrons. The first kappa shape index (κ1) is 14.1. The van der Waals surface area contributed by atoms with E-state index < -0.39 is 0 Å². The van der Waals surface area contributed by atoms with Gasteiger partial charge in [0.2, 0.25) is 0 Å². The average Bonchev–Trinajstić information content (AvgIpc) is 2.36. The fourth-order valence-corrected chi connectivity index (χ4v) is 1.92. The number of pyridine rings is 1. The SMILES string of the molecule is CCCCC(N)CN(CC)Cc1ccccn1. The lowest BCUT2D eigenvalue weighted by molar-refractivity contribution is 0.253. The number of rotatable bonds is 8. The molecule has 3 heteroatoms. The van der Waals surface area contributed by atoms with E-state index in [0.29, 0.717) is 6.04 Å². The number of unbranched alkanes of at least 4 members (excludes halogenated alkanes) is 1. The molecule has 0 saturated carbocycles. The van der Waals surface area contributed by atoms with Crippen LogP contribution in [0.3, 0.4) is 0 Å². The van der Waals surface area contributed by atoms with Crippen molar-refractivity contribution < 1.29 is 0 Å². The molecule has 0 spiro atoms. The van der Waals surface area contributed by atoms with Gasteiger partial charge >= 0.3 is 0 Å². The smallest absolute Gasteiger partial charge is 0.0543 e. The molecule has 1 atom stereocenters. The quantitative estimate of drug-likeness (QED) is 0.752. The summed E-state index contributed by atoms with van der Waals surface area (Å²) in [6, 6.07) is 6.35. The lowest BCUT2D eigenvalue weighted by Crippen LogP contribution is -2.37. The number of hydrogen-bond acceptors (Lipinski definition) is 3. The van der Waals surface area contributed by atoms with Gasteiger partial charge in [0.1, 0.15) is 0 Å². The van der Waals surface area contributed by atoms with Crippen LogP contribution in [0.2, 0.25) is 0 Å². The van der Waals surface area contributed by atoms with Crippen molar-refractivity contribution in [3.8, 4) is 0 Å². The lowest BCUT2D eigenvalue weighted by atomic mass is 10.1. The fourth-order valence-electron chi connectivity index (χ4n) is 1.92. The molecule has 0 saturated heterocycles. The summed E-state index contributed by atoms with van der Waals surface area (Å²) >= 11 is 0. The van der Waals surface area contributed by atoms with Gasteiger partial charge < -0.3 is 5.73 Å². The summed E-state index contributed by atoms with van der Waals surface area (Å²) in [5, 5.41) is 0. The first-order chi connectivity index (χ1) is 8.26. The van der Waals surface area contributed by atoms with Crippen molar-refractivity contribution >= 4 is 0 Å². The van der Waals surface area contributed by atoms with E-state index in [1.165, 1.54) is 12.8 Å². The summed E-state index contributed by atoms with van der Waals surface area (Å²) in [7, 11) is 0. The third kappa shape index (κ3) is 5.80. The van der Waals surface area contributed by atoms with Crippen molar-refractivity contribution in [1.82, 2.24) is 9.88 Å². The normalized spacial score (nSPS) is 12.9. The number of nitrogens with zero attached hydrogens (tertiary/aromatic N) is 2. The fraction of sp³-hybridized carbons (Fsp3) is 0.643. The van der Waals surface area contributed by atoms with Crippen LogP contribution in [0.1, 0.15) is 38.8 Å². The first-order valence-electron chi connectivity index (χ1n) is 6.64. The molecule has 0 amide bonds. The van der Waals surface area contributed by atoms with Crippen LogP contribution < -0.4 is 5.73 Å². The van der Waals surface area contributed by atoms with Gasteiger partial charge in [-0.2, -0.15) is 0 Å². The molecular formula is C14H25N3. The molecule has 1 aromatic heterocycles. The van der Waals surface area contributed by atoms with Gasteiger partial charge in [0, 0.05) is 25.3 Å². The van der Waals surface area contributed by atoms with Crippen LogP contribution in [0, 0.1) is 0 Å². The summed E-state index contributed by atoms with van der Waals surface area (Å²) in [6.45, 7) is 7.27. The Morgan fingerprint density at radius 1 is 1.35 bits per heavy atom. The second-order valence-corrected chi connectivity index (χ2v) is 4.55. The summed E-state index contributed by atoms with van der Waals surface area (Å²) in [4.78, 5) is 6.72. The van der Waals surface area contributed by atoms with Crippen molar-refractivity contribution in [3.05, 3.63) is 30.1 Å². The van der Waals surface area contributed by atoms with Crippen LogP contribution >= 0.6 is 0 Å². The Labute approximate surface area is 105 Å². The van der Waals surface area contributed by atoms with Gasteiger partial charge in [-0.25, -0.2) is 0 Å². The molecule has 96 valence electrons. The molecule has 0 fully saturated rings. The highest BCUT2D eigenvalue weighted by Gasteiger charge is 2.09. The number of hydrogen-bond donors (Lipinski definition) is 1. The second-order valence-electron chi connectivity index (χ2n) is 4.55. The minimum absolute atomic E-state index is 0.290. The van der Waals surface area contributed by atoms with Crippen molar-refractivity contribution in [2.75, 3.05) is 13.1 Å². The molecule has 0 aliphatic heterocycles. The molecule has 3 nitrogen and oxygen atoms in total. The van der Waals surface area contributed by atoms with Crippen LogP contribution in [0.25, 0.3) is 0 Å². The third-order valence-electron chi connectivity index (χ3n) is 2.98. The molecule has 2 N–H and O–H groups in total. The number of nitrogens with two attached hydrogens (primary N) is 1. The maximum absolute atomic E-state index is 6.13. The minimum atomic E-state index is 0.290. The Morgan fingerprint density at radius 2 is 2.18 bits per heavy atom. The van der Waals surface area contributed by atoms with Crippen molar-refractivity contribution in [3.63, 3.8) is 0 Å². The molecular weight excluding hydrogens is 210 g/mol. The van der Waals surface area contributed by atoms with Crippen molar-refractivity contribution in [1.29, 1.82) is 0 Å². The van der Waals surface area contributed by atoms with Crippen LogP contribution in [0.4, 0.5) is 0 Å². The van der Waals surface area contributed by atoms with Crippen LogP contribution in [0.5, 0.6) is 0 Å². The van der Waals surface area contributed by atoms with E-state index in [2.05, 4.69) is 29.8 Å². The molecule has 1 aromatic rings. The highest BCUT2D eigenvalue weighted by atomic mass is 15.1. The molecule has 1 heterocycles. The Bertz CT molecular complexity index is 287. The van der Waals surface area contributed by atoms with Gasteiger partial charge in [0.25, 0.3) is 0 Å². The third-order valence-corrected chi connectivity index (χ3v) is 2.98. The zero-order valence-corrected chi connectivity index (χ0v) is 11.1. The van der Waals surface area contributed by atoms with Crippen molar-refractivity contribution in [2.45, 2.75) is 45.7 Å². The van der Waals surface area contributed by atoms with Crippen molar-refractivity contribution in [2.24, 2.45) is 5.73 Å². The molecule has 1 rings (SSSR count). The molecule has 0 aromatic carbocycles. The summed E-state index contributed by atoms with van der Waals surface area (Å²) in [5.41, 5.74) is 7.25. The Morgan fingerprint density at radius 3 is 2.76 bits per heavy atom. The maximum atomic E-state index is 6.13. The summed E-state index contributed by atoms with van der Waals surface area (Å²) < 4.78 is 0. The van der Waals surface area contributed by atoms with Gasteiger partial charge in [-0.15, -0.1) is 0 Å². The van der Waals surface area contributed by atoms with Crippen LogP contribution in [0.15, 0.2) is 24.4 Å². The Kier molecular flexibility index (Phi) is 6.82. The maximum Gasteiger partial charge on any atom is 0.0543 e. The van der Waals surface area contributed by atoms with E-state index in [4.69, 9.17) is 5.73 Å². The van der Waals surface area contributed by atoms with E-state index in [1.807, 2.05) is 18.3 Å². The van der Waals surface area contributed by atoms with E-state index in [1.54, 1.807) is 0 Å². The van der Waals surface area contributed by atoms with E-state index in [-0.39, 0.29) is 0 Å². The van der Waals surface area contributed by atoms with Crippen LogP contribution in [-0.2, 0) is 6.54 Å². The summed E-state index contributed by atoms with van der Waals surface area (Å²) in [6.07, 6.45) is 5.41. The molecule has 0 bridgehead atoms. The number of likely N-dealkylation sites (N-methyl/N-ethyl adjacent to an activating group) is 1. The second kappa shape index (κ2) is 8.20. The molecule has 17 heavy (non-hydrogen) atoms. The average molecular weight is 235 g/mol. The molecule has 0 aliphatic carbocycles. The standard InChI is InChI=1S/C14H25N3/c1-3-5-8-13(15)11-17(4-2)12-14-9-6-7-10-16-14/h6-7,9-10,13H,3-5,8,11-12,15H2,1-2H3. The summed E-state index contributed by atoms with van der Waals surface area (Å²) in [5.74, 6) is 0. The minimum Gasteiger partial charge on any atom is -0.327 e. The van der Waals surface area contributed by atoms with Gasteiger partial charge in [0.05, 0.1) is 5.69 Å². The topological polar surface area (TPSA) is 42.1 Å². The lowest BCUT2D eigenvalue weighted by Gasteiger charge is -2.23. The highest BCUT2D eigenvalue weighted by molar-refractivity contribution is 5.03. The van der Waals surface area contributed by atoms with Gasteiger partial charge in [-0.3, -0.25) is 9.88 Å². The zero-order chi connectivity index (χ0) is 12.5. The first-order valence-corrected chi connectivity index (χ1v) is 6.64. The van der Waals surface area contributed by atoms with E-state index in [9.17, 15) is 0 Å². The van der Waals surface area contributed by atoms with Gasteiger partial charge in [-0.05, 0) is 25.1 Å². The Hall–Kier alpha value is -0.930. The van der Waals surface area contributed by atoms with E-state index >= 15 is 0 Å². The highest BCUT2D eigenvalue weighted by Crippen LogP contribution is 2.04. The largest absolute Gasteiger partial charge is 0.327 e. The number of aromatic nitrogens is 1. The predicted octanol–water partition coefficient (Wildman–Crippen LogP) is 2.42. The predicted molar refractivity (Wildman–Crippen MR) is 72.7 cm³/mol.